The van der Waals surface area contributed by atoms with Crippen LogP contribution in [0.2, 0.25) is 5.02 Å². The summed E-state index contributed by atoms with van der Waals surface area (Å²) in [6, 6.07) is 7.68. The smallest absolute Gasteiger partial charge is 0.226 e. The van der Waals surface area contributed by atoms with Crippen molar-refractivity contribution in [2.45, 2.75) is 10.9 Å². The third-order valence-corrected chi connectivity index (χ3v) is 3.52. The van der Waals surface area contributed by atoms with Gasteiger partial charge in [0.25, 0.3) is 0 Å². The average molecular weight is 309 g/mol. The van der Waals surface area contributed by atoms with Crippen molar-refractivity contribution < 1.29 is 0 Å². The first-order valence-electron chi connectivity index (χ1n) is 5.91. The highest BCUT2D eigenvalue weighted by molar-refractivity contribution is 7.98. The first-order valence-corrected chi connectivity index (χ1v) is 7.27. The fraction of sp³-hybridized carbons (Fsp3) is 0.250. The Balaban J connectivity index is 1.90. The van der Waals surface area contributed by atoms with Crippen molar-refractivity contribution in [1.29, 1.82) is 5.53 Å². The Morgan fingerprint density at radius 2 is 2.05 bits per heavy atom. The van der Waals surface area contributed by atoms with Gasteiger partial charge in [-0.25, -0.2) is 15.5 Å². The molecule has 2 rings (SSSR count). The van der Waals surface area contributed by atoms with E-state index in [-0.39, 0.29) is 0 Å². The summed E-state index contributed by atoms with van der Waals surface area (Å²) in [4.78, 5) is 12.4. The standard InChI is InChI=1S/C12H13ClN6S/c13-10-3-1-9(2-4-10)7-20-12-17-8-16-11(19-12)15-5-6-18-14/h1-4,8,14H,5-7H2,(H,15,16,17,19). The molecule has 0 unspecified atom stereocenters. The molecule has 0 aliphatic rings. The highest BCUT2D eigenvalue weighted by Crippen LogP contribution is 2.20. The van der Waals surface area contributed by atoms with Gasteiger partial charge < -0.3 is 5.32 Å². The number of thioether (sulfide) groups is 1. The van der Waals surface area contributed by atoms with Gasteiger partial charge in [0.05, 0.1) is 6.54 Å². The molecule has 20 heavy (non-hydrogen) atoms. The fourth-order valence-corrected chi connectivity index (χ4v) is 2.28. The van der Waals surface area contributed by atoms with Crippen LogP contribution in [0.25, 0.3) is 0 Å². The predicted molar refractivity (Wildman–Crippen MR) is 79.3 cm³/mol. The molecule has 0 bridgehead atoms. The van der Waals surface area contributed by atoms with Gasteiger partial charge in [0.15, 0.2) is 5.16 Å². The number of benzene rings is 1. The first-order chi connectivity index (χ1) is 9.78. The molecule has 0 saturated carbocycles. The van der Waals surface area contributed by atoms with Crippen molar-refractivity contribution in [3.8, 4) is 0 Å². The Hall–Kier alpha value is -1.73. The molecule has 0 aliphatic carbocycles. The van der Waals surface area contributed by atoms with E-state index in [1.807, 2.05) is 24.3 Å². The number of hydrogen-bond donors (Lipinski definition) is 2. The second-order valence-corrected chi connectivity index (χ2v) is 5.19. The van der Waals surface area contributed by atoms with Gasteiger partial charge in [-0.15, -0.1) is 0 Å². The van der Waals surface area contributed by atoms with Crippen LogP contribution in [0.1, 0.15) is 5.56 Å². The molecule has 0 amide bonds. The van der Waals surface area contributed by atoms with Crippen LogP contribution in [0.5, 0.6) is 0 Å². The van der Waals surface area contributed by atoms with Crippen LogP contribution in [-0.4, -0.2) is 28.0 Å². The van der Waals surface area contributed by atoms with Gasteiger partial charge >= 0.3 is 0 Å². The van der Waals surface area contributed by atoms with E-state index in [1.54, 1.807) is 0 Å². The first kappa shape index (κ1) is 14.7. The molecule has 0 fully saturated rings. The van der Waals surface area contributed by atoms with E-state index in [0.29, 0.717) is 24.2 Å². The zero-order chi connectivity index (χ0) is 14.2. The molecular formula is C12H13ClN6S. The van der Waals surface area contributed by atoms with E-state index in [0.717, 1.165) is 16.3 Å². The van der Waals surface area contributed by atoms with Crippen molar-refractivity contribution in [1.82, 2.24) is 15.0 Å². The number of nitrogens with zero attached hydrogens (tertiary/aromatic N) is 4. The summed E-state index contributed by atoms with van der Waals surface area (Å²) in [5, 5.41) is 7.62. The Kier molecular flexibility index (Phi) is 5.69. The summed E-state index contributed by atoms with van der Waals surface area (Å²) < 4.78 is 0. The fourth-order valence-electron chi connectivity index (χ4n) is 1.39. The highest BCUT2D eigenvalue weighted by atomic mass is 35.5. The molecule has 104 valence electrons. The largest absolute Gasteiger partial charge is 0.352 e. The highest BCUT2D eigenvalue weighted by Gasteiger charge is 2.02. The van der Waals surface area contributed by atoms with Crippen LogP contribution in [-0.2, 0) is 5.75 Å². The van der Waals surface area contributed by atoms with Gasteiger partial charge in [-0.05, 0) is 17.7 Å². The lowest BCUT2D eigenvalue weighted by Gasteiger charge is -2.04. The van der Waals surface area contributed by atoms with Crippen molar-refractivity contribution in [2.75, 3.05) is 18.4 Å². The van der Waals surface area contributed by atoms with Gasteiger partial charge in [0, 0.05) is 17.3 Å². The number of hydrogen-bond acceptors (Lipinski definition) is 7. The number of anilines is 1. The summed E-state index contributed by atoms with van der Waals surface area (Å²) >= 11 is 7.37. The van der Waals surface area contributed by atoms with E-state index >= 15 is 0 Å². The molecule has 0 saturated heterocycles. The van der Waals surface area contributed by atoms with Crippen LogP contribution >= 0.6 is 23.4 Å². The molecule has 2 N–H and O–H groups in total. The van der Waals surface area contributed by atoms with Crippen LogP contribution in [0.4, 0.5) is 5.95 Å². The van der Waals surface area contributed by atoms with E-state index in [1.165, 1.54) is 18.1 Å². The number of rotatable bonds is 7. The molecular weight excluding hydrogens is 296 g/mol. The SMILES string of the molecule is N=NCCNc1ncnc(SCc2ccc(Cl)cc2)n1. The summed E-state index contributed by atoms with van der Waals surface area (Å²) in [6.45, 7) is 0.938. The molecule has 2 aromatic rings. The Labute approximate surface area is 125 Å². The summed E-state index contributed by atoms with van der Waals surface area (Å²) in [5.41, 5.74) is 7.86. The zero-order valence-electron chi connectivity index (χ0n) is 10.6. The minimum atomic E-state index is 0.402. The average Bonchev–Trinajstić information content (AvgIpc) is 2.47. The van der Waals surface area contributed by atoms with Crippen LogP contribution in [0, 0.1) is 5.53 Å². The summed E-state index contributed by atoms with van der Waals surface area (Å²) in [7, 11) is 0. The monoisotopic (exact) mass is 308 g/mol. The Morgan fingerprint density at radius 1 is 1.25 bits per heavy atom. The second kappa shape index (κ2) is 7.76. The Bertz CT molecular complexity index is 562. The topological polar surface area (TPSA) is 86.9 Å². The van der Waals surface area contributed by atoms with Crippen LogP contribution < -0.4 is 5.32 Å². The summed E-state index contributed by atoms with van der Waals surface area (Å²) in [5.74, 6) is 1.27. The lowest BCUT2D eigenvalue weighted by Crippen LogP contribution is -2.08. The minimum Gasteiger partial charge on any atom is -0.352 e. The number of halogens is 1. The lowest BCUT2D eigenvalue weighted by atomic mass is 10.2. The van der Waals surface area contributed by atoms with Crippen molar-refractivity contribution in [2.24, 2.45) is 5.11 Å². The van der Waals surface area contributed by atoms with Crippen molar-refractivity contribution in [3.05, 3.63) is 41.2 Å². The molecule has 8 heteroatoms. The van der Waals surface area contributed by atoms with E-state index < -0.39 is 0 Å². The Morgan fingerprint density at radius 3 is 2.80 bits per heavy atom. The van der Waals surface area contributed by atoms with Gasteiger partial charge in [-0.2, -0.15) is 10.1 Å². The van der Waals surface area contributed by atoms with Gasteiger partial charge in [-0.3, -0.25) is 0 Å². The quantitative estimate of drug-likeness (QED) is 0.466. The molecule has 1 aromatic carbocycles. The molecule has 1 heterocycles. The minimum absolute atomic E-state index is 0.402. The van der Waals surface area contributed by atoms with E-state index in [4.69, 9.17) is 17.1 Å². The number of nitrogens with one attached hydrogen (secondary N) is 2. The lowest BCUT2D eigenvalue weighted by molar-refractivity contribution is 0.861. The molecule has 0 atom stereocenters. The third-order valence-electron chi connectivity index (χ3n) is 2.34. The van der Waals surface area contributed by atoms with Crippen LogP contribution in [0.15, 0.2) is 40.9 Å². The summed E-state index contributed by atoms with van der Waals surface area (Å²) in [6.07, 6.45) is 1.47. The second-order valence-electron chi connectivity index (χ2n) is 3.82. The zero-order valence-corrected chi connectivity index (χ0v) is 12.2. The van der Waals surface area contributed by atoms with Crippen molar-refractivity contribution >= 4 is 29.3 Å². The van der Waals surface area contributed by atoms with Crippen molar-refractivity contribution in [3.63, 3.8) is 0 Å². The van der Waals surface area contributed by atoms with Gasteiger partial charge in [0.2, 0.25) is 5.95 Å². The maximum absolute atomic E-state index is 6.71. The molecule has 6 nitrogen and oxygen atoms in total. The van der Waals surface area contributed by atoms with Crippen LogP contribution in [0.3, 0.4) is 0 Å². The van der Waals surface area contributed by atoms with E-state index in [2.05, 4.69) is 25.4 Å². The predicted octanol–water partition coefficient (Wildman–Crippen LogP) is 3.26. The van der Waals surface area contributed by atoms with Gasteiger partial charge in [-0.1, -0.05) is 35.5 Å². The van der Waals surface area contributed by atoms with Gasteiger partial charge in [0.1, 0.15) is 6.33 Å². The maximum atomic E-state index is 6.71. The normalized spacial score (nSPS) is 10.2. The third kappa shape index (κ3) is 4.75. The number of aromatic nitrogens is 3. The maximum Gasteiger partial charge on any atom is 0.226 e. The molecule has 0 spiro atoms. The molecule has 1 aromatic heterocycles. The molecule has 0 aliphatic heterocycles. The van der Waals surface area contributed by atoms with E-state index in [9.17, 15) is 0 Å². The molecule has 0 radical (unpaired) electrons.